The van der Waals surface area contributed by atoms with E-state index in [9.17, 15) is 0 Å². The van der Waals surface area contributed by atoms with Gasteiger partial charge in [0.25, 0.3) is 0 Å². The van der Waals surface area contributed by atoms with Crippen molar-refractivity contribution in [3.63, 3.8) is 0 Å². The Morgan fingerprint density at radius 3 is 2.35 bits per heavy atom. The van der Waals surface area contributed by atoms with Crippen molar-refractivity contribution in [1.82, 2.24) is 0 Å². The predicted octanol–water partition coefficient (Wildman–Crippen LogP) is 6.47. The third kappa shape index (κ3) is 4.23. The zero-order chi connectivity index (χ0) is 15.3. The van der Waals surface area contributed by atoms with E-state index in [0.717, 1.165) is 19.3 Å². The third-order valence-corrected chi connectivity index (χ3v) is 4.97. The zero-order valence-electron chi connectivity index (χ0n) is 13.8. The Kier molecular flexibility index (Phi) is 6.52. The highest BCUT2D eigenvalue weighted by Gasteiger charge is 2.31. The molecule has 3 unspecified atom stereocenters. The van der Waals surface area contributed by atoms with Crippen LogP contribution in [0, 0.1) is 17.8 Å². The van der Waals surface area contributed by atoms with Crippen molar-refractivity contribution in [3.05, 3.63) is 48.6 Å². The van der Waals surface area contributed by atoms with Crippen LogP contribution in [0.3, 0.4) is 0 Å². The highest BCUT2D eigenvalue weighted by molar-refractivity contribution is 5.30. The second-order valence-electron chi connectivity index (χ2n) is 6.60. The normalized spacial score (nSPS) is 26.6. The van der Waals surface area contributed by atoms with Gasteiger partial charge in [0.1, 0.15) is 0 Å². The van der Waals surface area contributed by atoms with Gasteiger partial charge in [-0.3, -0.25) is 0 Å². The first kappa shape index (κ1) is 17.0. The van der Waals surface area contributed by atoms with Crippen molar-refractivity contribution in [2.75, 3.05) is 0 Å². The average Bonchev–Trinajstić information content (AvgIpc) is 2.41. The topological polar surface area (TPSA) is 0 Å². The van der Waals surface area contributed by atoms with E-state index < -0.39 is 0 Å². The maximum atomic E-state index is 4.34. The summed E-state index contributed by atoms with van der Waals surface area (Å²) in [5.41, 5.74) is 5.22. The van der Waals surface area contributed by atoms with E-state index in [2.05, 4.69) is 47.1 Å². The largest absolute Gasteiger partial charge is 0.0995 e. The summed E-state index contributed by atoms with van der Waals surface area (Å²) in [7, 11) is 0. The number of unbranched alkanes of at least 4 members (excludes halogenated alkanes) is 2. The van der Waals surface area contributed by atoms with Gasteiger partial charge < -0.3 is 0 Å². The Bertz CT molecular complexity index is 396. The van der Waals surface area contributed by atoms with Gasteiger partial charge in [-0.1, -0.05) is 82.2 Å². The van der Waals surface area contributed by atoms with Crippen molar-refractivity contribution < 1.29 is 0 Å². The molecule has 0 aromatic rings. The van der Waals surface area contributed by atoms with Crippen LogP contribution in [0.1, 0.15) is 59.3 Å². The van der Waals surface area contributed by atoms with Crippen LogP contribution in [0.5, 0.6) is 0 Å². The minimum atomic E-state index is 0.502. The van der Waals surface area contributed by atoms with Crippen molar-refractivity contribution in [2.45, 2.75) is 59.3 Å². The second-order valence-corrected chi connectivity index (χ2v) is 6.60. The minimum Gasteiger partial charge on any atom is -0.0995 e. The van der Waals surface area contributed by atoms with Gasteiger partial charge in [-0.05, 0) is 43.4 Å². The fourth-order valence-corrected chi connectivity index (χ4v) is 3.16. The smallest absolute Gasteiger partial charge is 0.00999 e. The van der Waals surface area contributed by atoms with Crippen LogP contribution < -0.4 is 0 Å². The van der Waals surface area contributed by atoms with Gasteiger partial charge >= 0.3 is 0 Å². The molecule has 0 aromatic heterocycles. The van der Waals surface area contributed by atoms with E-state index in [0.29, 0.717) is 17.8 Å². The second kappa shape index (κ2) is 7.67. The molecule has 1 fully saturated rings. The van der Waals surface area contributed by atoms with Crippen molar-refractivity contribution in [1.29, 1.82) is 0 Å². The van der Waals surface area contributed by atoms with Crippen LogP contribution in [0.15, 0.2) is 48.6 Å². The molecule has 0 aromatic carbocycles. The fourth-order valence-electron chi connectivity index (χ4n) is 3.16. The lowest BCUT2D eigenvalue weighted by molar-refractivity contribution is 0.361. The van der Waals surface area contributed by atoms with E-state index >= 15 is 0 Å². The molecule has 0 nitrogen and oxygen atoms in total. The first-order valence-corrected chi connectivity index (χ1v) is 8.10. The Labute approximate surface area is 126 Å². The van der Waals surface area contributed by atoms with E-state index in [1.54, 1.807) is 0 Å². The molecular weight excluding hydrogens is 240 g/mol. The first-order valence-electron chi connectivity index (χ1n) is 8.10. The van der Waals surface area contributed by atoms with Gasteiger partial charge in [0.05, 0.1) is 0 Å². The Morgan fingerprint density at radius 2 is 1.75 bits per heavy atom. The average molecular weight is 272 g/mol. The Balaban J connectivity index is 2.61. The highest BCUT2D eigenvalue weighted by atomic mass is 14.4. The summed E-state index contributed by atoms with van der Waals surface area (Å²) in [6.07, 6.45) is 6.98. The maximum Gasteiger partial charge on any atom is -0.00999 e. The molecule has 1 aliphatic carbocycles. The van der Waals surface area contributed by atoms with E-state index in [-0.39, 0.29) is 0 Å². The minimum absolute atomic E-state index is 0.502. The molecule has 112 valence electrons. The first-order chi connectivity index (χ1) is 9.38. The summed E-state index contributed by atoms with van der Waals surface area (Å²) in [4.78, 5) is 0. The van der Waals surface area contributed by atoms with Gasteiger partial charge in [0.15, 0.2) is 0 Å². The molecule has 0 N–H and O–H groups in total. The van der Waals surface area contributed by atoms with Gasteiger partial charge in [0.2, 0.25) is 0 Å². The predicted molar refractivity (Wildman–Crippen MR) is 91.8 cm³/mol. The van der Waals surface area contributed by atoms with Crippen molar-refractivity contribution in [3.8, 4) is 0 Å². The SMILES string of the molecule is C=C(CCCCC)C(=C)CC1C(=C)C(C)CC(=C)C1C. The van der Waals surface area contributed by atoms with Gasteiger partial charge in [-0.2, -0.15) is 0 Å². The van der Waals surface area contributed by atoms with E-state index in [4.69, 9.17) is 0 Å². The molecule has 1 aliphatic rings. The molecule has 3 atom stereocenters. The summed E-state index contributed by atoms with van der Waals surface area (Å²) in [6, 6.07) is 0. The fraction of sp³-hybridized carbons (Fsp3) is 0.600. The molecule has 0 saturated heterocycles. The monoisotopic (exact) mass is 272 g/mol. The van der Waals surface area contributed by atoms with Crippen LogP contribution in [0.25, 0.3) is 0 Å². The van der Waals surface area contributed by atoms with Crippen LogP contribution in [-0.4, -0.2) is 0 Å². The van der Waals surface area contributed by atoms with Crippen molar-refractivity contribution >= 4 is 0 Å². The number of rotatable bonds is 7. The van der Waals surface area contributed by atoms with Gasteiger partial charge in [0, 0.05) is 0 Å². The molecule has 0 aliphatic heterocycles. The lowest BCUT2D eigenvalue weighted by Gasteiger charge is -2.37. The zero-order valence-corrected chi connectivity index (χ0v) is 13.8. The summed E-state index contributed by atoms with van der Waals surface area (Å²) < 4.78 is 0. The molecule has 0 spiro atoms. The van der Waals surface area contributed by atoms with E-state index in [1.165, 1.54) is 41.6 Å². The number of hydrogen-bond donors (Lipinski definition) is 0. The maximum absolute atomic E-state index is 4.34. The molecule has 0 bridgehead atoms. The molecular formula is C20H32. The number of hydrogen-bond acceptors (Lipinski definition) is 0. The Morgan fingerprint density at radius 1 is 1.10 bits per heavy atom. The third-order valence-electron chi connectivity index (χ3n) is 4.97. The van der Waals surface area contributed by atoms with Crippen LogP contribution in [-0.2, 0) is 0 Å². The molecule has 0 radical (unpaired) electrons. The quantitative estimate of drug-likeness (QED) is 0.283. The molecule has 0 amide bonds. The van der Waals surface area contributed by atoms with Crippen LogP contribution >= 0.6 is 0 Å². The van der Waals surface area contributed by atoms with Crippen LogP contribution in [0.4, 0.5) is 0 Å². The summed E-state index contributed by atoms with van der Waals surface area (Å²) in [5, 5.41) is 0. The molecule has 20 heavy (non-hydrogen) atoms. The standard InChI is InChI=1S/C20H32/c1-8-9-10-11-14(2)15(3)13-20-18(6)16(4)12-17(5)19(20)7/h17-18,20H,2-4,7-13H2,1,5-6H3. The number of allylic oxidation sites excluding steroid dienone is 4. The van der Waals surface area contributed by atoms with E-state index in [1.807, 2.05) is 0 Å². The summed E-state index contributed by atoms with van der Waals surface area (Å²) >= 11 is 0. The molecule has 1 rings (SSSR count). The lowest BCUT2D eigenvalue weighted by Crippen LogP contribution is -2.26. The summed E-state index contributed by atoms with van der Waals surface area (Å²) in [6.45, 7) is 23.9. The summed E-state index contributed by atoms with van der Waals surface area (Å²) in [5.74, 6) is 1.59. The molecule has 0 heterocycles. The van der Waals surface area contributed by atoms with Gasteiger partial charge in [-0.15, -0.1) is 0 Å². The highest BCUT2D eigenvalue weighted by Crippen LogP contribution is 2.43. The molecule has 1 saturated carbocycles. The van der Waals surface area contributed by atoms with Crippen molar-refractivity contribution in [2.24, 2.45) is 17.8 Å². The Hall–Kier alpha value is -1.04. The van der Waals surface area contributed by atoms with Gasteiger partial charge in [-0.25, -0.2) is 0 Å². The molecule has 0 heteroatoms. The van der Waals surface area contributed by atoms with Crippen LogP contribution in [0.2, 0.25) is 0 Å². The lowest BCUT2D eigenvalue weighted by atomic mass is 9.67.